The van der Waals surface area contributed by atoms with E-state index < -0.39 is 0 Å². The van der Waals surface area contributed by atoms with Crippen LogP contribution in [0.4, 0.5) is 5.82 Å². The molecule has 1 aromatic carbocycles. The molecule has 1 aliphatic carbocycles. The van der Waals surface area contributed by atoms with Crippen molar-refractivity contribution in [3.8, 4) is 11.8 Å². The van der Waals surface area contributed by atoms with E-state index in [4.69, 9.17) is 5.73 Å². The lowest BCUT2D eigenvalue weighted by atomic mass is 10.0. The number of hydrogen-bond acceptors (Lipinski definition) is 6. The van der Waals surface area contributed by atoms with Gasteiger partial charge >= 0.3 is 0 Å². The van der Waals surface area contributed by atoms with Gasteiger partial charge in [0, 0.05) is 37.4 Å². The van der Waals surface area contributed by atoms with Crippen LogP contribution in [0.5, 0.6) is 0 Å². The van der Waals surface area contributed by atoms with Crippen LogP contribution in [-0.4, -0.2) is 44.5 Å². The van der Waals surface area contributed by atoms with E-state index in [1.807, 2.05) is 48.1 Å². The average molecular weight is 483 g/mol. The first-order valence-electron chi connectivity index (χ1n) is 11.8. The molecule has 1 amide bonds. The number of rotatable bonds is 5. The summed E-state index contributed by atoms with van der Waals surface area (Å²) in [5.41, 5.74) is 11.3. The largest absolute Gasteiger partial charge is 0.383 e. The Bertz CT molecular complexity index is 1470. The highest BCUT2D eigenvalue weighted by molar-refractivity contribution is 7.07. The van der Waals surface area contributed by atoms with Crippen LogP contribution < -0.4 is 11.1 Å². The third kappa shape index (κ3) is 4.29. The minimum atomic E-state index is -0.139. The van der Waals surface area contributed by atoms with Crippen molar-refractivity contribution in [1.29, 1.82) is 0 Å². The zero-order chi connectivity index (χ0) is 23.9. The van der Waals surface area contributed by atoms with Gasteiger partial charge in [-0.25, -0.2) is 9.97 Å². The minimum Gasteiger partial charge on any atom is -0.383 e. The van der Waals surface area contributed by atoms with Crippen molar-refractivity contribution >= 4 is 34.1 Å². The molecule has 8 heteroatoms. The van der Waals surface area contributed by atoms with Crippen molar-refractivity contribution < 1.29 is 4.79 Å². The van der Waals surface area contributed by atoms with Crippen LogP contribution in [0, 0.1) is 18.8 Å². The molecule has 0 atom stereocenters. The minimum absolute atomic E-state index is 0.139. The first-order valence-corrected chi connectivity index (χ1v) is 12.8. The topological polar surface area (TPSA) is 89.1 Å². The van der Waals surface area contributed by atoms with Crippen LogP contribution >= 0.6 is 11.3 Å². The maximum atomic E-state index is 13.0. The number of anilines is 1. The second kappa shape index (κ2) is 8.84. The molecule has 7 nitrogen and oxygen atoms in total. The van der Waals surface area contributed by atoms with Crippen molar-refractivity contribution in [2.45, 2.75) is 38.4 Å². The fraction of sp³-hybridized carbons (Fsp3) is 0.296. The van der Waals surface area contributed by atoms with Gasteiger partial charge in [-0.1, -0.05) is 17.9 Å². The third-order valence-corrected chi connectivity index (χ3v) is 7.50. The van der Waals surface area contributed by atoms with Crippen molar-refractivity contribution in [2.75, 3.05) is 18.8 Å². The van der Waals surface area contributed by atoms with Crippen molar-refractivity contribution in [1.82, 2.24) is 24.8 Å². The third-order valence-electron chi connectivity index (χ3n) is 6.77. The number of benzene rings is 1. The highest BCUT2D eigenvalue weighted by Crippen LogP contribution is 2.37. The molecule has 35 heavy (non-hydrogen) atoms. The summed E-state index contributed by atoms with van der Waals surface area (Å²) in [6.07, 6.45) is 6.18. The Morgan fingerprint density at radius 3 is 2.77 bits per heavy atom. The van der Waals surface area contributed by atoms with E-state index in [0.717, 1.165) is 46.9 Å². The zero-order valence-electron chi connectivity index (χ0n) is 19.5. The van der Waals surface area contributed by atoms with E-state index >= 15 is 0 Å². The predicted octanol–water partition coefficient (Wildman–Crippen LogP) is 3.73. The van der Waals surface area contributed by atoms with Crippen LogP contribution in [0.1, 0.15) is 51.5 Å². The van der Waals surface area contributed by atoms with Gasteiger partial charge in [0.15, 0.2) is 0 Å². The van der Waals surface area contributed by atoms with Gasteiger partial charge in [0.25, 0.3) is 5.91 Å². The molecular formula is C27H26N6OS. The van der Waals surface area contributed by atoms with E-state index in [0.29, 0.717) is 29.5 Å². The first-order chi connectivity index (χ1) is 17.1. The standard InChI is InChI=1S/C27H26N6OS/c1-17-2-7-23(27(34)29-11-18-8-9-35-15-18)19(10-17)3-4-20-12-33(22-13-32(14-22)21-5-6-21)26-24(20)25(28)30-16-31-26/h2,7-10,12,15-16,21-22H,5-6,11,13-14H2,1H3,(H,29,34)(H2,28,30,31). The molecule has 1 aliphatic heterocycles. The molecule has 0 radical (unpaired) electrons. The number of nitrogens with two attached hydrogens (primary N) is 1. The molecule has 6 rings (SSSR count). The number of aromatic nitrogens is 3. The lowest BCUT2D eigenvalue weighted by Crippen LogP contribution is -2.48. The van der Waals surface area contributed by atoms with Gasteiger partial charge in [-0.2, -0.15) is 11.3 Å². The van der Waals surface area contributed by atoms with Crippen molar-refractivity contribution in [3.05, 3.63) is 75.4 Å². The Kier molecular flexibility index (Phi) is 5.51. The van der Waals surface area contributed by atoms with E-state index in [2.05, 4.69) is 36.6 Å². The summed E-state index contributed by atoms with van der Waals surface area (Å²) in [4.78, 5) is 24.2. The number of hydrogen-bond donors (Lipinski definition) is 2. The van der Waals surface area contributed by atoms with Gasteiger partial charge < -0.3 is 15.6 Å². The SMILES string of the molecule is Cc1ccc(C(=O)NCc2ccsc2)c(C#Cc2cn(C3CN(C4CC4)C3)c3ncnc(N)c23)c1. The van der Waals surface area contributed by atoms with Crippen LogP contribution in [0.3, 0.4) is 0 Å². The number of amides is 1. The molecule has 4 aromatic rings. The summed E-state index contributed by atoms with van der Waals surface area (Å²) < 4.78 is 2.20. The number of fused-ring (bicyclic) bond motifs is 1. The lowest BCUT2D eigenvalue weighted by Gasteiger charge is -2.40. The lowest BCUT2D eigenvalue weighted by molar-refractivity contribution is 0.0950. The van der Waals surface area contributed by atoms with Gasteiger partial charge in [-0.05, 0) is 59.9 Å². The summed E-state index contributed by atoms with van der Waals surface area (Å²) in [5, 5.41) is 7.82. The van der Waals surface area contributed by atoms with E-state index in [9.17, 15) is 4.79 Å². The van der Waals surface area contributed by atoms with Crippen LogP contribution in [0.25, 0.3) is 11.0 Å². The monoisotopic (exact) mass is 482 g/mol. The molecule has 1 saturated heterocycles. The second-order valence-electron chi connectivity index (χ2n) is 9.36. The molecular weight excluding hydrogens is 456 g/mol. The smallest absolute Gasteiger partial charge is 0.252 e. The number of nitrogen functional groups attached to an aromatic ring is 1. The Morgan fingerprint density at radius 1 is 1.17 bits per heavy atom. The number of thiophene rings is 1. The Labute approximate surface area is 208 Å². The Balaban J connectivity index is 1.32. The summed E-state index contributed by atoms with van der Waals surface area (Å²) in [7, 11) is 0. The molecule has 1 saturated carbocycles. The fourth-order valence-corrected chi connectivity index (χ4v) is 5.32. The summed E-state index contributed by atoms with van der Waals surface area (Å²) in [6, 6.07) is 8.85. The summed E-state index contributed by atoms with van der Waals surface area (Å²) in [6.45, 7) is 4.54. The van der Waals surface area contributed by atoms with Crippen LogP contribution in [0.15, 0.2) is 47.5 Å². The second-order valence-corrected chi connectivity index (χ2v) is 10.1. The molecule has 176 valence electrons. The van der Waals surface area contributed by atoms with Gasteiger partial charge in [0.05, 0.1) is 22.6 Å². The molecule has 0 unspecified atom stereocenters. The average Bonchev–Trinajstić information content (AvgIpc) is 3.37. The van der Waals surface area contributed by atoms with E-state index in [1.54, 1.807) is 11.3 Å². The van der Waals surface area contributed by atoms with Gasteiger partial charge in [-0.3, -0.25) is 9.69 Å². The molecule has 3 N–H and O–H groups in total. The van der Waals surface area contributed by atoms with Crippen molar-refractivity contribution in [3.63, 3.8) is 0 Å². The van der Waals surface area contributed by atoms with Gasteiger partial charge in [0.2, 0.25) is 0 Å². The van der Waals surface area contributed by atoms with Crippen LogP contribution in [0.2, 0.25) is 0 Å². The van der Waals surface area contributed by atoms with Gasteiger partial charge in [-0.15, -0.1) is 0 Å². The normalized spacial score (nSPS) is 16.0. The highest BCUT2D eigenvalue weighted by atomic mass is 32.1. The first kappa shape index (κ1) is 21.8. The maximum Gasteiger partial charge on any atom is 0.252 e. The molecule has 3 aromatic heterocycles. The maximum absolute atomic E-state index is 13.0. The molecule has 0 spiro atoms. The highest BCUT2D eigenvalue weighted by Gasteiger charge is 2.39. The quantitative estimate of drug-likeness (QED) is 0.423. The Morgan fingerprint density at radius 2 is 2.00 bits per heavy atom. The predicted molar refractivity (Wildman–Crippen MR) is 138 cm³/mol. The number of nitrogens with zero attached hydrogens (tertiary/aromatic N) is 4. The van der Waals surface area contributed by atoms with Crippen molar-refractivity contribution in [2.24, 2.45) is 0 Å². The number of likely N-dealkylation sites (tertiary alicyclic amines) is 1. The van der Waals surface area contributed by atoms with Gasteiger partial charge in [0.1, 0.15) is 17.8 Å². The number of carbonyl (C=O) groups is 1. The molecule has 4 heterocycles. The zero-order valence-corrected chi connectivity index (χ0v) is 20.3. The molecule has 2 fully saturated rings. The van der Waals surface area contributed by atoms with E-state index in [-0.39, 0.29) is 5.91 Å². The van der Waals surface area contributed by atoms with Crippen LogP contribution in [-0.2, 0) is 6.54 Å². The number of carbonyl (C=O) groups excluding carboxylic acids is 1. The fourth-order valence-electron chi connectivity index (χ4n) is 4.65. The molecule has 0 bridgehead atoms. The van der Waals surface area contributed by atoms with E-state index in [1.165, 1.54) is 19.2 Å². The summed E-state index contributed by atoms with van der Waals surface area (Å²) >= 11 is 1.62. The number of nitrogens with one attached hydrogen (secondary N) is 1. The Hall–Kier alpha value is -3.67. The number of aryl methyl sites for hydroxylation is 1. The molecule has 2 aliphatic rings. The summed E-state index contributed by atoms with van der Waals surface area (Å²) in [5.74, 6) is 6.82.